The van der Waals surface area contributed by atoms with Crippen LogP contribution < -0.4 is 4.74 Å². The van der Waals surface area contributed by atoms with Gasteiger partial charge < -0.3 is 9.47 Å². The van der Waals surface area contributed by atoms with E-state index in [1.165, 1.54) is 7.11 Å². The Hall–Kier alpha value is -3.92. The Kier molecular flexibility index (Phi) is 5.85. The number of pyridine rings is 1. The number of rotatable bonds is 6. The summed E-state index contributed by atoms with van der Waals surface area (Å²) in [5.41, 5.74) is 4.49. The molecular weight excluding hydrogens is 374 g/mol. The number of methoxy groups -OCH3 is 1. The quantitative estimate of drug-likeness (QED) is 0.389. The van der Waals surface area contributed by atoms with Crippen LogP contribution in [0.4, 0.5) is 0 Å². The smallest absolute Gasteiger partial charge is 0.337 e. The lowest BCUT2D eigenvalue weighted by Crippen LogP contribution is -2.01. The van der Waals surface area contributed by atoms with Crippen LogP contribution in [0.3, 0.4) is 0 Å². The Balaban J connectivity index is 1.36. The Morgan fingerprint density at radius 2 is 1.63 bits per heavy atom. The Labute approximate surface area is 175 Å². The third-order valence-corrected chi connectivity index (χ3v) is 4.73. The normalized spacial score (nSPS) is 11.0. The van der Waals surface area contributed by atoms with Gasteiger partial charge in [0.2, 0.25) is 0 Å². The molecular formula is C26H21NO3. The molecule has 1 aromatic heterocycles. The monoisotopic (exact) mass is 395 g/mol. The van der Waals surface area contributed by atoms with E-state index in [2.05, 4.69) is 17.1 Å². The van der Waals surface area contributed by atoms with Crippen LogP contribution in [0.1, 0.15) is 27.2 Å². The minimum atomic E-state index is -0.343. The van der Waals surface area contributed by atoms with Crippen LogP contribution in [0.2, 0.25) is 0 Å². The largest absolute Gasteiger partial charge is 0.489 e. The van der Waals surface area contributed by atoms with Crippen LogP contribution in [0.25, 0.3) is 23.1 Å². The van der Waals surface area contributed by atoms with E-state index in [-0.39, 0.29) is 5.97 Å². The first kappa shape index (κ1) is 19.4. The van der Waals surface area contributed by atoms with Crippen LogP contribution in [0.5, 0.6) is 5.75 Å². The number of hydrogen-bond donors (Lipinski definition) is 0. The number of fused-ring (bicyclic) bond motifs is 1. The number of hydrogen-bond acceptors (Lipinski definition) is 4. The molecule has 4 aromatic rings. The van der Waals surface area contributed by atoms with E-state index in [4.69, 9.17) is 9.47 Å². The molecule has 0 fully saturated rings. The van der Waals surface area contributed by atoms with Gasteiger partial charge in [-0.2, -0.15) is 0 Å². The first-order valence-corrected chi connectivity index (χ1v) is 9.65. The maximum atomic E-state index is 11.5. The molecule has 0 bridgehead atoms. The lowest BCUT2D eigenvalue weighted by Gasteiger charge is -2.07. The van der Waals surface area contributed by atoms with E-state index >= 15 is 0 Å². The Bertz CT molecular complexity index is 1180. The maximum absolute atomic E-state index is 11.5. The average Bonchev–Trinajstić information content (AvgIpc) is 2.81. The van der Waals surface area contributed by atoms with Gasteiger partial charge in [-0.3, -0.25) is 0 Å². The minimum absolute atomic E-state index is 0.343. The van der Waals surface area contributed by atoms with Gasteiger partial charge in [-0.1, -0.05) is 54.6 Å². The molecule has 4 heteroatoms. The molecule has 0 aliphatic heterocycles. The zero-order valence-corrected chi connectivity index (χ0v) is 16.6. The second kappa shape index (κ2) is 9.05. The number of carbonyl (C=O) groups is 1. The first-order chi connectivity index (χ1) is 14.7. The van der Waals surface area contributed by atoms with Crippen molar-refractivity contribution in [2.45, 2.75) is 6.61 Å². The van der Waals surface area contributed by atoms with Crippen LogP contribution in [-0.4, -0.2) is 18.1 Å². The molecule has 1 heterocycles. The molecule has 0 atom stereocenters. The van der Waals surface area contributed by atoms with Crippen LogP contribution in [0.15, 0.2) is 84.9 Å². The van der Waals surface area contributed by atoms with Gasteiger partial charge in [-0.15, -0.1) is 0 Å². The van der Waals surface area contributed by atoms with E-state index in [1.54, 1.807) is 12.1 Å². The summed E-state index contributed by atoms with van der Waals surface area (Å²) in [6.45, 7) is 0.428. The van der Waals surface area contributed by atoms with E-state index in [0.29, 0.717) is 12.2 Å². The van der Waals surface area contributed by atoms with Crippen molar-refractivity contribution >= 4 is 29.0 Å². The summed E-state index contributed by atoms with van der Waals surface area (Å²) >= 11 is 0. The molecule has 30 heavy (non-hydrogen) atoms. The van der Waals surface area contributed by atoms with Gasteiger partial charge in [0, 0.05) is 5.39 Å². The van der Waals surface area contributed by atoms with E-state index in [9.17, 15) is 4.79 Å². The topological polar surface area (TPSA) is 48.4 Å². The second-order valence-corrected chi connectivity index (χ2v) is 6.81. The molecule has 0 unspecified atom stereocenters. The van der Waals surface area contributed by atoms with Gasteiger partial charge >= 0.3 is 5.97 Å². The predicted molar refractivity (Wildman–Crippen MR) is 119 cm³/mol. The highest BCUT2D eigenvalue weighted by molar-refractivity contribution is 5.89. The van der Waals surface area contributed by atoms with Crippen molar-refractivity contribution in [3.8, 4) is 5.75 Å². The van der Waals surface area contributed by atoms with Crippen molar-refractivity contribution < 1.29 is 14.3 Å². The molecule has 4 nitrogen and oxygen atoms in total. The molecule has 4 rings (SSSR count). The van der Waals surface area contributed by atoms with Crippen molar-refractivity contribution in [1.82, 2.24) is 4.98 Å². The van der Waals surface area contributed by atoms with Gasteiger partial charge in [0.15, 0.2) is 0 Å². The van der Waals surface area contributed by atoms with Crippen LogP contribution >= 0.6 is 0 Å². The minimum Gasteiger partial charge on any atom is -0.489 e. The summed E-state index contributed by atoms with van der Waals surface area (Å²) in [4.78, 5) is 16.1. The highest BCUT2D eigenvalue weighted by atomic mass is 16.5. The fourth-order valence-corrected chi connectivity index (χ4v) is 3.05. The fraction of sp³-hybridized carbons (Fsp3) is 0.0769. The molecule has 3 aromatic carbocycles. The van der Waals surface area contributed by atoms with E-state index in [1.807, 2.05) is 72.8 Å². The summed E-state index contributed by atoms with van der Waals surface area (Å²) in [5.74, 6) is 0.443. The lowest BCUT2D eigenvalue weighted by atomic mass is 10.1. The molecule has 0 spiro atoms. The van der Waals surface area contributed by atoms with Crippen LogP contribution in [-0.2, 0) is 11.3 Å². The van der Waals surface area contributed by atoms with Crippen LogP contribution in [0, 0.1) is 0 Å². The second-order valence-electron chi connectivity index (χ2n) is 6.81. The number of ether oxygens (including phenoxy) is 2. The zero-order chi connectivity index (χ0) is 20.8. The maximum Gasteiger partial charge on any atom is 0.337 e. The summed E-state index contributed by atoms with van der Waals surface area (Å²) in [7, 11) is 1.37. The third kappa shape index (κ3) is 4.73. The van der Waals surface area contributed by atoms with Gasteiger partial charge in [0.1, 0.15) is 12.4 Å². The van der Waals surface area contributed by atoms with Crippen molar-refractivity contribution in [3.05, 3.63) is 107 Å². The van der Waals surface area contributed by atoms with Gasteiger partial charge in [-0.25, -0.2) is 9.78 Å². The van der Waals surface area contributed by atoms with Crippen molar-refractivity contribution in [1.29, 1.82) is 0 Å². The van der Waals surface area contributed by atoms with Crippen molar-refractivity contribution in [3.63, 3.8) is 0 Å². The summed E-state index contributed by atoms with van der Waals surface area (Å²) in [6, 6.07) is 27.3. The molecule has 0 N–H and O–H groups in total. The number of benzene rings is 3. The molecule has 0 radical (unpaired) electrons. The first-order valence-electron chi connectivity index (χ1n) is 9.65. The van der Waals surface area contributed by atoms with Gasteiger partial charge in [-0.05, 0) is 53.6 Å². The van der Waals surface area contributed by atoms with E-state index in [0.717, 1.165) is 33.5 Å². The SMILES string of the molecule is COC(=O)c1ccc(COc2ccc(C=Cc3ccc4ccccc4n3)cc2)cc1. The lowest BCUT2D eigenvalue weighted by molar-refractivity contribution is 0.0600. The Morgan fingerprint density at radius 3 is 2.40 bits per heavy atom. The molecule has 148 valence electrons. The third-order valence-electron chi connectivity index (χ3n) is 4.73. The molecule has 0 aliphatic carbocycles. The highest BCUT2D eigenvalue weighted by Gasteiger charge is 2.04. The standard InChI is InChI=1S/C26H21NO3/c1-29-26(28)22-11-6-20(7-12-22)18-30-24-16-9-19(10-17-24)8-14-23-15-13-21-4-2-3-5-25(21)27-23/h2-17H,18H2,1H3. The molecule has 0 saturated carbocycles. The molecule has 0 amide bonds. The molecule has 0 saturated heterocycles. The molecule has 0 aliphatic rings. The number of carbonyl (C=O) groups excluding carboxylic acids is 1. The number of esters is 1. The zero-order valence-electron chi connectivity index (χ0n) is 16.6. The van der Waals surface area contributed by atoms with Gasteiger partial charge in [0.25, 0.3) is 0 Å². The van der Waals surface area contributed by atoms with Crippen molar-refractivity contribution in [2.24, 2.45) is 0 Å². The average molecular weight is 395 g/mol. The number of para-hydroxylation sites is 1. The summed E-state index contributed by atoms with van der Waals surface area (Å²) < 4.78 is 10.5. The number of aromatic nitrogens is 1. The fourth-order valence-electron chi connectivity index (χ4n) is 3.05. The highest BCUT2D eigenvalue weighted by Crippen LogP contribution is 2.17. The summed E-state index contributed by atoms with van der Waals surface area (Å²) in [6.07, 6.45) is 4.04. The van der Waals surface area contributed by atoms with E-state index < -0.39 is 0 Å². The Morgan fingerprint density at radius 1 is 0.867 bits per heavy atom. The number of nitrogens with zero attached hydrogens (tertiary/aromatic N) is 1. The van der Waals surface area contributed by atoms with Crippen molar-refractivity contribution in [2.75, 3.05) is 7.11 Å². The van der Waals surface area contributed by atoms with Gasteiger partial charge in [0.05, 0.1) is 23.9 Å². The predicted octanol–water partition coefficient (Wildman–Crippen LogP) is 5.77. The summed E-state index contributed by atoms with van der Waals surface area (Å²) in [5, 5.41) is 1.14.